The van der Waals surface area contributed by atoms with E-state index in [1.807, 2.05) is 6.92 Å². The van der Waals surface area contributed by atoms with Crippen LogP contribution in [0, 0.1) is 0 Å². The topological polar surface area (TPSA) is 89.9 Å². The number of aliphatic hydroxyl groups excluding tert-OH is 1. The van der Waals surface area contributed by atoms with Crippen LogP contribution in [0.2, 0.25) is 0 Å². The highest BCUT2D eigenvalue weighted by molar-refractivity contribution is 5.82. The Morgan fingerprint density at radius 1 is 1.33 bits per heavy atom. The Hall–Kier alpha value is -1.30. The molecule has 0 radical (unpaired) electrons. The molecular formula is C12H22N2O4. The van der Waals surface area contributed by atoms with Crippen molar-refractivity contribution in [3.05, 3.63) is 0 Å². The third kappa shape index (κ3) is 3.87. The SMILES string of the molecule is CCN(C(=O)N[C@@H](CO)C(=O)O)C1CCCCC1. The van der Waals surface area contributed by atoms with Crippen LogP contribution in [-0.2, 0) is 4.79 Å². The third-order valence-electron chi connectivity index (χ3n) is 3.40. The summed E-state index contributed by atoms with van der Waals surface area (Å²) < 4.78 is 0. The van der Waals surface area contributed by atoms with Crippen molar-refractivity contribution in [1.29, 1.82) is 0 Å². The highest BCUT2D eigenvalue weighted by Crippen LogP contribution is 2.22. The van der Waals surface area contributed by atoms with Crippen molar-refractivity contribution >= 4 is 12.0 Å². The first-order chi connectivity index (χ1) is 8.60. The van der Waals surface area contributed by atoms with Crippen molar-refractivity contribution in [2.45, 2.75) is 51.1 Å². The number of nitrogens with zero attached hydrogens (tertiary/aromatic N) is 1. The molecule has 0 aromatic heterocycles. The third-order valence-corrected chi connectivity index (χ3v) is 3.40. The zero-order valence-electron chi connectivity index (χ0n) is 10.8. The van der Waals surface area contributed by atoms with Crippen LogP contribution in [0.4, 0.5) is 4.79 Å². The van der Waals surface area contributed by atoms with Crippen LogP contribution >= 0.6 is 0 Å². The lowest BCUT2D eigenvalue weighted by Gasteiger charge is -2.34. The quantitative estimate of drug-likeness (QED) is 0.680. The van der Waals surface area contributed by atoms with E-state index in [4.69, 9.17) is 10.2 Å². The van der Waals surface area contributed by atoms with E-state index in [2.05, 4.69) is 5.32 Å². The molecular weight excluding hydrogens is 236 g/mol. The molecule has 0 spiro atoms. The van der Waals surface area contributed by atoms with Gasteiger partial charge in [0.25, 0.3) is 0 Å². The minimum atomic E-state index is -1.23. The summed E-state index contributed by atoms with van der Waals surface area (Å²) in [7, 11) is 0. The first-order valence-electron chi connectivity index (χ1n) is 6.51. The maximum Gasteiger partial charge on any atom is 0.328 e. The summed E-state index contributed by atoms with van der Waals surface area (Å²) >= 11 is 0. The standard InChI is InChI=1S/C12H22N2O4/c1-2-14(9-6-4-3-5-7-9)12(18)13-10(8-15)11(16)17/h9-10,15H,2-8H2,1H3,(H,13,18)(H,16,17)/t10-/m0/s1. The zero-order chi connectivity index (χ0) is 13.5. The lowest BCUT2D eigenvalue weighted by Crippen LogP contribution is -2.52. The van der Waals surface area contributed by atoms with E-state index in [1.165, 1.54) is 6.42 Å². The van der Waals surface area contributed by atoms with Crippen molar-refractivity contribution < 1.29 is 19.8 Å². The maximum atomic E-state index is 12.0. The van der Waals surface area contributed by atoms with Crippen molar-refractivity contribution in [3.63, 3.8) is 0 Å². The summed E-state index contributed by atoms with van der Waals surface area (Å²) in [6.07, 6.45) is 5.36. The summed E-state index contributed by atoms with van der Waals surface area (Å²) in [6.45, 7) is 1.83. The molecule has 1 fully saturated rings. The number of carbonyl (C=O) groups is 2. The molecule has 1 atom stereocenters. The maximum absolute atomic E-state index is 12.0. The smallest absolute Gasteiger partial charge is 0.328 e. The van der Waals surface area contributed by atoms with Gasteiger partial charge in [-0.05, 0) is 19.8 Å². The number of carbonyl (C=O) groups excluding carboxylic acids is 1. The Bertz CT molecular complexity index is 290. The number of aliphatic hydroxyl groups is 1. The predicted octanol–water partition coefficient (Wildman–Crippen LogP) is 0.796. The van der Waals surface area contributed by atoms with Gasteiger partial charge in [0.05, 0.1) is 6.61 Å². The average Bonchev–Trinajstić information content (AvgIpc) is 2.37. The van der Waals surface area contributed by atoms with Crippen molar-refractivity contribution in [2.75, 3.05) is 13.2 Å². The molecule has 0 aliphatic heterocycles. The van der Waals surface area contributed by atoms with Gasteiger partial charge >= 0.3 is 12.0 Å². The molecule has 104 valence electrons. The van der Waals surface area contributed by atoms with Crippen molar-refractivity contribution in [1.82, 2.24) is 10.2 Å². The predicted molar refractivity (Wildman–Crippen MR) is 66.3 cm³/mol. The fraction of sp³-hybridized carbons (Fsp3) is 0.833. The summed E-state index contributed by atoms with van der Waals surface area (Å²) in [5.41, 5.74) is 0. The molecule has 1 saturated carbocycles. The fourth-order valence-corrected chi connectivity index (χ4v) is 2.38. The van der Waals surface area contributed by atoms with E-state index in [9.17, 15) is 9.59 Å². The molecule has 6 heteroatoms. The monoisotopic (exact) mass is 258 g/mol. The molecule has 6 nitrogen and oxygen atoms in total. The second-order valence-corrected chi connectivity index (χ2v) is 4.60. The molecule has 1 aliphatic rings. The number of carboxylic acid groups (broad SMARTS) is 1. The van der Waals surface area contributed by atoms with E-state index >= 15 is 0 Å². The van der Waals surface area contributed by atoms with Crippen LogP contribution < -0.4 is 5.32 Å². The average molecular weight is 258 g/mol. The Morgan fingerprint density at radius 2 is 1.94 bits per heavy atom. The normalized spacial score (nSPS) is 18.1. The van der Waals surface area contributed by atoms with Crippen LogP contribution in [0.3, 0.4) is 0 Å². The molecule has 1 aliphatic carbocycles. The molecule has 3 N–H and O–H groups in total. The summed E-state index contributed by atoms with van der Waals surface area (Å²) in [4.78, 5) is 24.4. The van der Waals surface area contributed by atoms with E-state index < -0.39 is 24.6 Å². The summed E-state index contributed by atoms with van der Waals surface area (Å²) in [6, 6.07) is -1.43. The highest BCUT2D eigenvalue weighted by atomic mass is 16.4. The van der Waals surface area contributed by atoms with E-state index in [0.29, 0.717) is 6.54 Å². The van der Waals surface area contributed by atoms with Crippen LogP contribution in [0.5, 0.6) is 0 Å². The molecule has 18 heavy (non-hydrogen) atoms. The number of amides is 2. The number of hydrogen-bond acceptors (Lipinski definition) is 3. The van der Waals surface area contributed by atoms with Gasteiger partial charge in [-0.1, -0.05) is 19.3 Å². The van der Waals surface area contributed by atoms with Crippen LogP contribution in [0.15, 0.2) is 0 Å². The Labute approximate surface area is 107 Å². The van der Waals surface area contributed by atoms with Crippen LogP contribution in [0.1, 0.15) is 39.0 Å². The highest BCUT2D eigenvalue weighted by Gasteiger charge is 2.27. The largest absolute Gasteiger partial charge is 0.480 e. The number of nitrogens with one attached hydrogen (secondary N) is 1. The molecule has 1 rings (SSSR count). The van der Waals surface area contributed by atoms with Gasteiger partial charge in [0.1, 0.15) is 0 Å². The second kappa shape index (κ2) is 7.20. The van der Waals surface area contributed by atoms with Gasteiger partial charge in [0.15, 0.2) is 6.04 Å². The number of urea groups is 1. The number of carboxylic acids is 1. The molecule has 2 amide bonds. The summed E-state index contributed by atoms with van der Waals surface area (Å²) in [5.74, 6) is -1.22. The fourth-order valence-electron chi connectivity index (χ4n) is 2.38. The number of hydrogen-bond donors (Lipinski definition) is 3. The van der Waals surface area contributed by atoms with Gasteiger partial charge in [-0.25, -0.2) is 9.59 Å². The molecule has 0 unspecified atom stereocenters. The van der Waals surface area contributed by atoms with Gasteiger partial charge in [-0.2, -0.15) is 0 Å². The summed E-state index contributed by atoms with van der Waals surface area (Å²) in [5, 5.41) is 20.0. The van der Waals surface area contributed by atoms with Crippen molar-refractivity contribution in [3.8, 4) is 0 Å². The van der Waals surface area contributed by atoms with Gasteiger partial charge in [-0.3, -0.25) is 0 Å². The van der Waals surface area contributed by atoms with Crippen molar-refractivity contribution in [2.24, 2.45) is 0 Å². The van der Waals surface area contributed by atoms with Crippen LogP contribution in [0.25, 0.3) is 0 Å². The first kappa shape index (κ1) is 14.8. The number of rotatable bonds is 5. The first-order valence-corrected chi connectivity index (χ1v) is 6.51. The minimum absolute atomic E-state index is 0.192. The molecule has 0 saturated heterocycles. The van der Waals surface area contributed by atoms with E-state index in [-0.39, 0.29) is 6.04 Å². The van der Waals surface area contributed by atoms with E-state index in [0.717, 1.165) is 25.7 Å². The second-order valence-electron chi connectivity index (χ2n) is 4.60. The molecule has 0 bridgehead atoms. The zero-order valence-corrected chi connectivity index (χ0v) is 10.8. The van der Waals surface area contributed by atoms with Gasteiger partial charge in [0, 0.05) is 12.6 Å². The van der Waals surface area contributed by atoms with Gasteiger partial charge in [-0.15, -0.1) is 0 Å². The lowest BCUT2D eigenvalue weighted by atomic mass is 9.94. The van der Waals surface area contributed by atoms with Gasteiger partial charge < -0.3 is 20.4 Å². The number of aliphatic carboxylic acids is 1. The Balaban J connectivity index is 2.57. The van der Waals surface area contributed by atoms with Gasteiger partial charge in [0.2, 0.25) is 0 Å². The molecule has 0 heterocycles. The minimum Gasteiger partial charge on any atom is -0.480 e. The molecule has 0 aromatic carbocycles. The van der Waals surface area contributed by atoms with E-state index in [1.54, 1.807) is 4.90 Å². The van der Waals surface area contributed by atoms with Crippen LogP contribution in [-0.4, -0.2) is 52.3 Å². The Kier molecular flexibility index (Phi) is 5.91. The Morgan fingerprint density at radius 3 is 2.39 bits per heavy atom. The lowest BCUT2D eigenvalue weighted by molar-refractivity contribution is -0.140. The molecule has 0 aromatic rings.